The van der Waals surface area contributed by atoms with Gasteiger partial charge in [0.2, 0.25) is 0 Å². The number of carbonyl (C=O) groups excluding carboxylic acids is 1. The molecule has 0 saturated carbocycles. The monoisotopic (exact) mass is 279 g/mol. The van der Waals surface area contributed by atoms with Crippen LogP contribution in [-0.2, 0) is 0 Å². The van der Waals surface area contributed by atoms with Gasteiger partial charge in [-0.3, -0.25) is 4.79 Å². The fourth-order valence-corrected chi connectivity index (χ4v) is 1.55. The van der Waals surface area contributed by atoms with E-state index in [9.17, 15) is 13.6 Å². The van der Waals surface area contributed by atoms with Crippen LogP contribution in [0.5, 0.6) is 5.75 Å². The maximum atomic E-state index is 13.6. The molecule has 1 amide bonds. The van der Waals surface area contributed by atoms with E-state index in [1.165, 1.54) is 19.2 Å². The maximum Gasteiger partial charge on any atom is 0.259 e. The van der Waals surface area contributed by atoms with Crippen molar-refractivity contribution in [2.75, 3.05) is 18.2 Å². The molecule has 104 valence electrons. The van der Waals surface area contributed by atoms with Crippen LogP contribution >= 0.6 is 0 Å². The molecule has 0 fully saturated rings. The number of hydrogen-bond acceptors (Lipinski definition) is 4. The Kier molecular flexibility index (Phi) is 3.79. The summed E-state index contributed by atoms with van der Waals surface area (Å²) in [6, 6.07) is 4.77. The number of nitrogens with one attached hydrogen (secondary N) is 1. The van der Waals surface area contributed by atoms with E-state index < -0.39 is 17.5 Å². The second kappa shape index (κ2) is 5.52. The van der Waals surface area contributed by atoms with Crippen molar-refractivity contribution in [3.8, 4) is 5.75 Å². The third-order valence-corrected chi connectivity index (χ3v) is 2.55. The van der Waals surface area contributed by atoms with Crippen molar-refractivity contribution >= 4 is 17.4 Å². The van der Waals surface area contributed by atoms with Crippen LogP contribution in [-0.4, -0.2) is 18.0 Å². The van der Waals surface area contributed by atoms with Gasteiger partial charge in [-0.15, -0.1) is 0 Å². The van der Waals surface area contributed by atoms with E-state index in [1.807, 2.05) is 0 Å². The lowest BCUT2D eigenvalue weighted by Gasteiger charge is -2.09. The molecule has 7 heteroatoms. The quantitative estimate of drug-likeness (QED) is 0.903. The van der Waals surface area contributed by atoms with Gasteiger partial charge in [0.15, 0.2) is 0 Å². The largest absolute Gasteiger partial charge is 0.497 e. The fourth-order valence-electron chi connectivity index (χ4n) is 1.55. The molecule has 1 heterocycles. The Morgan fingerprint density at radius 1 is 1.35 bits per heavy atom. The van der Waals surface area contributed by atoms with Crippen LogP contribution in [0.4, 0.5) is 20.3 Å². The van der Waals surface area contributed by atoms with E-state index in [0.717, 1.165) is 18.3 Å². The molecule has 0 aliphatic carbocycles. The van der Waals surface area contributed by atoms with E-state index in [4.69, 9.17) is 10.5 Å². The number of nitrogen functional groups attached to an aromatic ring is 1. The van der Waals surface area contributed by atoms with Crippen LogP contribution < -0.4 is 15.8 Å². The minimum atomic E-state index is -0.762. The molecule has 20 heavy (non-hydrogen) atoms. The fraction of sp³-hybridized carbons (Fsp3) is 0.0769. The number of aromatic nitrogens is 1. The summed E-state index contributed by atoms with van der Waals surface area (Å²) < 4.78 is 31.5. The molecule has 0 bridgehead atoms. The third kappa shape index (κ3) is 2.82. The number of halogens is 2. The van der Waals surface area contributed by atoms with Crippen LogP contribution in [0.15, 0.2) is 30.5 Å². The highest BCUT2D eigenvalue weighted by Gasteiger charge is 2.14. The molecule has 1 aromatic heterocycles. The van der Waals surface area contributed by atoms with Crippen molar-refractivity contribution in [1.29, 1.82) is 0 Å². The average molecular weight is 279 g/mol. The Balaban J connectivity index is 2.30. The van der Waals surface area contributed by atoms with E-state index in [1.54, 1.807) is 0 Å². The summed E-state index contributed by atoms with van der Waals surface area (Å²) in [4.78, 5) is 15.5. The number of ether oxygens (including phenoxy) is 1. The number of nitrogens with zero attached hydrogens (tertiary/aromatic N) is 1. The SMILES string of the molecule is COc1ccc(F)c(NC(=O)c2cc(F)cnc2N)c1. The molecule has 5 nitrogen and oxygen atoms in total. The van der Waals surface area contributed by atoms with Crippen molar-refractivity contribution in [3.63, 3.8) is 0 Å². The molecule has 0 aliphatic rings. The van der Waals surface area contributed by atoms with Gasteiger partial charge < -0.3 is 15.8 Å². The number of pyridine rings is 1. The topological polar surface area (TPSA) is 77.2 Å². The summed E-state index contributed by atoms with van der Waals surface area (Å²) in [6.45, 7) is 0. The Bertz CT molecular complexity index is 662. The lowest BCUT2D eigenvalue weighted by atomic mass is 10.2. The zero-order chi connectivity index (χ0) is 14.7. The summed E-state index contributed by atoms with van der Waals surface area (Å²) in [5.74, 6) is -1.90. The zero-order valence-electron chi connectivity index (χ0n) is 10.5. The number of anilines is 2. The predicted molar refractivity (Wildman–Crippen MR) is 69.5 cm³/mol. The van der Waals surface area contributed by atoms with Crippen molar-refractivity contribution in [3.05, 3.63) is 47.7 Å². The second-order valence-electron chi connectivity index (χ2n) is 3.89. The highest BCUT2D eigenvalue weighted by Crippen LogP contribution is 2.22. The van der Waals surface area contributed by atoms with Crippen molar-refractivity contribution in [2.24, 2.45) is 0 Å². The molecule has 0 atom stereocenters. The minimum Gasteiger partial charge on any atom is -0.497 e. The van der Waals surface area contributed by atoms with E-state index in [0.29, 0.717) is 5.75 Å². The molecule has 0 saturated heterocycles. The smallest absolute Gasteiger partial charge is 0.259 e. The van der Waals surface area contributed by atoms with Crippen LogP contribution in [0.25, 0.3) is 0 Å². The Morgan fingerprint density at radius 3 is 2.80 bits per heavy atom. The highest BCUT2D eigenvalue weighted by molar-refractivity contribution is 6.07. The minimum absolute atomic E-state index is 0.0991. The van der Waals surface area contributed by atoms with Gasteiger partial charge >= 0.3 is 0 Å². The van der Waals surface area contributed by atoms with Crippen LogP contribution in [0.1, 0.15) is 10.4 Å². The number of carbonyl (C=O) groups is 1. The number of rotatable bonds is 3. The first-order valence-electron chi connectivity index (χ1n) is 5.57. The molecule has 0 spiro atoms. The Hall–Kier alpha value is -2.70. The van der Waals surface area contributed by atoms with Gasteiger partial charge in [-0.2, -0.15) is 0 Å². The van der Waals surface area contributed by atoms with Crippen molar-refractivity contribution in [2.45, 2.75) is 0 Å². The number of methoxy groups -OCH3 is 1. The lowest BCUT2D eigenvalue weighted by Crippen LogP contribution is -2.16. The van der Waals surface area contributed by atoms with Crippen molar-refractivity contribution in [1.82, 2.24) is 4.98 Å². The highest BCUT2D eigenvalue weighted by atomic mass is 19.1. The number of hydrogen-bond donors (Lipinski definition) is 2. The van der Waals surface area contributed by atoms with Gasteiger partial charge in [0.25, 0.3) is 5.91 Å². The molecule has 1 aromatic carbocycles. The Labute approximate surface area is 113 Å². The van der Waals surface area contributed by atoms with E-state index >= 15 is 0 Å². The first-order chi connectivity index (χ1) is 9.51. The zero-order valence-corrected chi connectivity index (χ0v) is 10.5. The normalized spacial score (nSPS) is 10.2. The van der Waals surface area contributed by atoms with Crippen LogP contribution in [0.2, 0.25) is 0 Å². The molecule has 0 unspecified atom stereocenters. The average Bonchev–Trinajstić information content (AvgIpc) is 2.43. The van der Waals surface area contributed by atoms with Gasteiger partial charge in [0.1, 0.15) is 23.2 Å². The van der Waals surface area contributed by atoms with E-state index in [2.05, 4.69) is 10.3 Å². The number of benzene rings is 1. The second-order valence-corrected chi connectivity index (χ2v) is 3.89. The van der Waals surface area contributed by atoms with Gasteiger partial charge in [-0.25, -0.2) is 13.8 Å². The summed E-state index contributed by atoms with van der Waals surface area (Å²) in [7, 11) is 1.41. The van der Waals surface area contributed by atoms with Gasteiger partial charge in [0, 0.05) is 6.07 Å². The van der Waals surface area contributed by atoms with E-state index in [-0.39, 0.29) is 17.1 Å². The molecule has 0 radical (unpaired) electrons. The molecule has 3 N–H and O–H groups in total. The summed E-state index contributed by atoms with van der Waals surface area (Å²) >= 11 is 0. The lowest BCUT2D eigenvalue weighted by molar-refractivity contribution is 0.102. The number of amides is 1. The summed E-state index contributed by atoms with van der Waals surface area (Å²) in [6.07, 6.45) is 0.887. The molecular weight excluding hydrogens is 268 g/mol. The van der Waals surface area contributed by atoms with Crippen LogP contribution in [0.3, 0.4) is 0 Å². The van der Waals surface area contributed by atoms with Gasteiger partial charge in [-0.05, 0) is 18.2 Å². The molecule has 2 aromatic rings. The first-order valence-corrected chi connectivity index (χ1v) is 5.57. The molecule has 0 aliphatic heterocycles. The standard InChI is InChI=1S/C13H11F2N3O2/c1-20-8-2-3-10(15)11(5-8)18-13(19)9-4-7(14)6-17-12(9)16/h2-6H,1H3,(H2,16,17)(H,18,19). The van der Waals surface area contributed by atoms with Gasteiger partial charge in [-0.1, -0.05) is 0 Å². The van der Waals surface area contributed by atoms with Crippen LogP contribution in [0, 0.1) is 11.6 Å². The van der Waals surface area contributed by atoms with Gasteiger partial charge in [0.05, 0.1) is 24.6 Å². The number of nitrogens with two attached hydrogens (primary N) is 1. The maximum absolute atomic E-state index is 13.6. The summed E-state index contributed by atoms with van der Waals surface area (Å²) in [5, 5.41) is 2.29. The summed E-state index contributed by atoms with van der Waals surface area (Å²) in [5.41, 5.74) is 5.21. The molecule has 2 rings (SSSR count). The third-order valence-electron chi connectivity index (χ3n) is 2.55. The first kappa shape index (κ1) is 13.7. The predicted octanol–water partition coefficient (Wildman–Crippen LogP) is 2.20. The Morgan fingerprint density at radius 2 is 2.10 bits per heavy atom. The van der Waals surface area contributed by atoms with Crippen molar-refractivity contribution < 1.29 is 18.3 Å². The molecular formula is C13H11F2N3O2.